The maximum absolute atomic E-state index is 11.0. The topological polar surface area (TPSA) is 76.9 Å². The average Bonchev–Trinajstić information content (AvgIpc) is 2.74. The van der Waals surface area contributed by atoms with Crippen molar-refractivity contribution in [3.63, 3.8) is 0 Å². The average molecular weight is 296 g/mol. The van der Waals surface area contributed by atoms with E-state index in [-0.39, 0.29) is 17.1 Å². The van der Waals surface area contributed by atoms with E-state index in [4.69, 9.17) is 0 Å². The first-order valence-electron chi connectivity index (χ1n) is 6.78. The van der Waals surface area contributed by atoms with Crippen LogP contribution in [0.2, 0.25) is 0 Å². The molecule has 2 rings (SSSR count). The summed E-state index contributed by atoms with van der Waals surface area (Å²) in [5.41, 5.74) is 0.779. The molecule has 0 aromatic carbocycles. The highest BCUT2D eigenvalue weighted by molar-refractivity contribution is 8.13. The summed E-state index contributed by atoms with van der Waals surface area (Å²) in [6.45, 7) is 4.99. The van der Waals surface area contributed by atoms with E-state index in [9.17, 15) is 9.59 Å². The van der Waals surface area contributed by atoms with Gasteiger partial charge in [-0.25, -0.2) is 4.68 Å². The molecule has 0 spiro atoms. The van der Waals surface area contributed by atoms with Crippen LogP contribution in [0.5, 0.6) is 0 Å². The highest BCUT2D eigenvalue weighted by atomic mass is 32.2. The van der Waals surface area contributed by atoms with Gasteiger partial charge in [0.1, 0.15) is 5.69 Å². The Balaban J connectivity index is 1.82. The second-order valence-corrected chi connectivity index (χ2v) is 6.54. The Morgan fingerprint density at radius 1 is 1.50 bits per heavy atom. The fourth-order valence-corrected chi connectivity index (χ4v) is 3.08. The molecule has 20 heavy (non-hydrogen) atoms. The number of carbonyl (C=O) groups is 2. The van der Waals surface area contributed by atoms with E-state index >= 15 is 0 Å². The Labute approximate surface area is 122 Å². The number of rotatable bonds is 5. The van der Waals surface area contributed by atoms with Gasteiger partial charge in [0.15, 0.2) is 5.12 Å². The van der Waals surface area contributed by atoms with Crippen LogP contribution in [0.15, 0.2) is 6.20 Å². The summed E-state index contributed by atoms with van der Waals surface area (Å²) < 4.78 is 1.88. The van der Waals surface area contributed by atoms with Gasteiger partial charge >= 0.3 is 0 Å². The Hall–Kier alpha value is -1.37. The van der Waals surface area contributed by atoms with Crippen LogP contribution in [0.4, 0.5) is 0 Å². The highest BCUT2D eigenvalue weighted by Crippen LogP contribution is 2.39. The van der Waals surface area contributed by atoms with E-state index in [1.807, 2.05) is 17.8 Å². The molecule has 0 aliphatic heterocycles. The van der Waals surface area contributed by atoms with Gasteiger partial charge in [0.2, 0.25) is 5.91 Å². The van der Waals surface area contributed by atoms with Gasteiger partial charge in [-0.3, -0.25) is 9.59 Å². The molecule has 0 radical (unpaired) electrons. The number of nitrogens with one attached hydrogen (secondary N) is 1. The maximum atomic E-state index is 11.0. The van der Waals surface area contributed by atoms with Crippen molar-refractivity contribution in [2.24, 2.45) is 5.92 Å². The molecule has 0 bridgehead atoms. The molecule has 110 valence electrons. The second kappa shape index (κ2) is 6.39. The molecule has 1 saturated carbocycles. The molecule has 1 N–H and O–H groups in total. The minimum atomic E-state index is -0.120. The Morgan fingerprint density at radius 3 is 2.80 bits per heavy atom. The van der Waals surface area contributed by atoms with E-state index in [0.29, 0.717) is 12.0 Å². The first-order chi connectivity index (χ1) is 9.45. The summed E-state index contributed by atoms with van der Waals surface area (Å²) >= 11 is 1.40. The number of thioether (sulfide) groups is 1. The van der Waals surface area contributed by atoms with Crippen molar-refractivity contribution in [2.45, 2.75) is 45.7 Å². The van der Waals surface area contributed by atoms with Gasteiger partial charge in [-0.15, -0.1) is 5.10 Å². The zero-order valence-corrected chi connectivity index (χ0v) is 12.8. The van der Waals surface area contributed by atoms with Gasteiger partial charge in [-0.1, -0.05) is 17.0 Å². The van der Waals surface area contributed by atoms with Crippen LogP contribution in [0.3, 0.4) is 0 Å². The zero-order valence-electron chi connectivity index (χ0n) is 12.0. The number of hydrogen-bond donors (Lipinski definition) is 1. The normalized spacial score (nSPS) is 22.9. The molecule has 1 aromatic rings. The fourth-order valence-electron chi connectivity index (χ4n) is 2.33. The van der Waals surface area contributed by atoms with E-state index in [0.717, 1.165) is 24.3 Å². The lowest BCUT2D eigenvalue weighted by Crippen LogP contribution is -2.29. The molecule has 7 heteroatoms. The molecule has 0 saturated heterocycles. The second-order valence-electron chi connectivity index (χ2n) is 5.34. The molecule has 1 aliphatic carbocycles. The minimum Gasteiger partial charge on any atom is -0.348 e. The third-order valence-corrected chi connectivity index (χ3v) is 4.54. The monoisotopic (exact) mass is 296 g/mol. The predicted molar refractivity (Wildman–Crippen MR) is 77.2 cm³/mol. The first-order valence-corrected chi connectivity index (χ1v) is 7.76. The largest absolute Gasteiger partial charge is 0.348 e. The molecule has 1 atom stereocenters. The van der Waals surface area contributed by atoms with Crippen molar-refractivity contribution < 1.29 is 9.59 Å². The Morgan fingerprint density at radius 2 is 2.20 bits per heavy atom. The smallest absolute Gasteiger partial charge is 0.217 e. The molecule has 1 amide bonds. The Kier molecular flexibility index (Phi) is 4.80. The van der Waals surface area contributed by atoms with E-state index in [1.165, 1.54) is 18.7 Å². The standard InChI is InChI=1S/C13H20N4O2S/c1-8(14-9(2)18)13-6-17(16-15-13)12-4-11(5-12)7-20-10(3)19/h6,8,11-12H,4-5,7H2,1-3H3,(H,14,18). The van der Waals surface area contributed by atoms with Gasteiger partial charge in [0, 0.05) is 19.6 Å². The summed E-state index contributed by atoms with van der Waals surface area (Å²) in [6.07, 6.45) is 3.98. The van der Waals surface area contributed by atoms with Gasteiger partial charge in [0.05, 0.1) is 18.3 Å². The zero-order chi connectivity index (χ0) is 14.7. The quantitative estimate of drug-likeness (QED) is 0.895. The third kappa shape index (κ3) is 3.82. The highest BCUT2D eigenvalue weighted by Gasteiger charge is 2.31. The van der Waals surface area contributed by atoms with Crippen molar-refractivity contribution in [1.82, 2.24) is 20.3 Å². The summed E-state index contributed by atoms with van der Waals surface area (Å²) in [5, 5.41) is 11.2. The molecular weight excluding hydrogens is 276 g/mol. The third-order valence-electron chi connectivity index (χ3n) is 3.50. The van der Waals surface area contributed by atoms with Gasteiger partial charge in [-0.2, -0.15) is 0 Å². The lowest BCUT2D eigenvalue weighted by atomic mass is 9.82. The molecule has 1 aromatic heterocycles. The van der Waals surface area contributed by atoms with Crippen LogP contribution in [0.1, 0.15) is 51.4 Å². The van der Waals surface area contributed by atoms with Crippen LogP contribution < -0.4 is 5.32 Å². The Bertz CT molecular complexity index is 496. The lowest BCUT2D eigenvalue weighted by Gasteiger charge is -2.34. The predicted octanol–water partition coefficient (Wildman–Crippen LogP) is 1.71. The first kappa shape index (κ1) is 15.0. The summed E-state index contributed by atoms with van der Waals surface area (Å²) in [4.78, 5) is 21.9. The van der Waals surface area contributed by atoms with Gasteiger partial charge in [-0.05, 0) is 25.7 Å². The van der Waals surface area contributed by atoms with Crippen molar-refractivity contribution in [2.75, 3.05) is 5.75 Å². The number of amides is 1. The van der Waals surface area contributed by atoms with Crippen molar-refractivity contribution in [3.05, 3.63) is 11.9 Å². The maximum Gasteiger partial charge on any atom is 0.217 e. The van der Waals surface area contributed by atoms with Crippen LogP contribution in [-0.4, -0.2) is 31.8 Å². The van der Waals surface area contributed by atoms with Gasteiger partial charge < -0.3 is 5.32 Å². The molecule has 1 fully saturated rings. The van der Waals surface area contributed by atoms with Crippen molar-refractivity contribution in [1.29, 1.82) is 0 Å². The van der Waals surface area contributed by atoms with Crippen molar-refractivity contribution in [3.8, 4) is 0 Å². The van der Waals surface area contributed by atoms with Crippen LogP contribution in [0.25, 0.3) is 0 Å². The number of nitrogens with zero attached hydrogens (tertiary/aromatic N) is 3. The van der Waals surface area contributed by atoms with E-state index < -0.39 is 0 Å². The van der Waals surface area contributed by atoms with Crippen LogP contribution in [-0.2, 0) is 9.59 Å². The molecule has 1 heterocycles. The minimum absolute atomic E-state index is 0.0722. The van der Waals surface area contributed by atoms with Crippen LogP contribution in [0, 0.1) is 5.92 Å². The number of carbonyl (C=O) groups excluding carboxylic acids is 2. The summed E-state index contributed by atoms with van der Waals surface area (Å²) in [6, 6.07) is 0.253. The van der Waals surface area contributed by atoms with Gasteiger partial charge in [0.25, 0.3) is 0 Å². The summed E-state index contributed by atoms with van der Waals surface area (Å²) in [7, 11) is 0. The molecule has 1 aliphatic rings. The summed E-state index contributed by atoms with van der Waals surface area (Å²) in [5.74, 6) is 1.42. The van der Waals surface area contributed by atoms with E-state index in [2.05, 4.69) is 15.6 Å². The fraction of sp³-hybridized carbons (Fsp3) is 0.692. The lowest BCUT2D eigenvalue weighted by molar-refractivity contribution is -0.119. The van der Waals surface area contributed by atoms with Crippen molar-refractivity contribution >= 4 is 22.8 Å². The van der Waals surface area contributed by atoms with Crippen LogP contribution >= 0.6 is 11.8 Å². The van der Waals surface area contributed by atoms with E-state index in [1.54, 1.807) is 6.92 Å². The molecular formula is C13H20N4O2S. The number of aromatic nitrogens is 3. The SMILES string of the molecule is CC(=O)NC(C)c1cn(C2CC(CSC(C)=O)C2)nn1. The number of hydrogen-bond acceptors (Lipinski definition) is 5. The molecule has 6 nitrogen and oxygen atoms in total. The molecule has 1 unspecified atom stereocenters.